The van der Waals surface area contributed by atoms with Gasteiger partial charge in [0.25, 0.3) is 0 Å². The lowest BCUT2D eigenvalue weighted by atomic mass is 10.2. The van der Waals surface area contributed by atoms with Crippen molar-refractivity contribution in [3.8, 4) is 17.3 Å². The molecule has 0 bridgehead atoms. The van der Waals surface area contributed by atoms with Crippen molar-refractivity contribution in [2.75, 3.05) is 5.73 Å². The first kappa shape index (κ1) is 16.0. The number of pyridine rings is 1. The van der Waals surface area contributed by atoms with Crippen molar-refractivity contribution in [3.05, 3.63) is 59.4 Å². The molecule has 0 aliphatic carbocycles. The summed E-state index contributed by atoms with van der Waals surface area (Å²) < 4.78 is 35.0. The molecule has 0 saturated carbocycles. The molecule has 0 atom stereocenters. The lowest BCUT2D eigenvalue weighted by Gasteiger charge is -2.09. The summed E-state index contributed by atoms with van der Waals surface area (Å²) in [4.78, 5) is 8.60. The molecule has 7 nitrogen and oxygen atoms in total. The second-order valence-corrected chi connectivity index (χ2v) is 5.64. The van der Waals surface area contributed by atoms with Crippen molar-refractivity contribution in [2.24, 2.45) is 0 Å². The van der Waals surface area contributed by atoms with Gasteiger partial charge in [-0.25, -0.2) is 13.8 Å². The van der Waals surface area contributed by atoms with Crippen LogP contribution in [0.2, 0.25) is 0 Å². The summed E-state index contributed by atoms with van der Waals surface area (Å²) in [6.07, 6.45) is 1.78. The maximum Gasteiger partial charge on any atom is 0.239 e. The number of nitrogens with two attached hydrogens (primary N) is 1. The molecule has 0 fully saturated rings. The summed E-state index contributed by atoms with van der Waals surface area (Å²) in [7, 11) is 0. The minimum absolute atomic E-state index is 0.122. The molecule has 0 radical (unpaired) electrons. The van der Waals surface area contributed by atoms with E-state index in [0.717, 1.165) is 0 Å². The van der Waals surface area contributed by atoms with Crippen LogP contribution in [0, 0.1) is 18.6 Å². The Balaban J connectivity index is 1.73. The van der Waals surface area contributed by atoms with Crippen LogP contribution in [0.4, 0.5) is 14.7 Å². The number of hydrogen-bond acceptors (Lipinski definition) is 5. The van der Waals surface area contributed by atoms with Crippen LogP contribution in [0.25, 0.3) is 17.2 Å². The van der Waals surface area contributed by atoms with Gasteiger partial charge in [-0.05, 0) is 31.2 Å². The Labute approximate surface area is 146 Å². The monoisotopic (exact) mass is 356 g/mol. The highest BCUT2D eigenvalue weighted by Gasteiger charge is 2.18. The normalized spacial score (nSPS) is 11.2. The third-order valence-corrected chi connectivity index (χ3v) is 3.95. The maximum absolute atomic E-state index is 13.8. The molecule has 3 N–H and O–H groups in total. The van der Waals surface area contributed by atoms with Crippen LogP contribution in [0.5, 0.6) is 5.75 Å². The van der Waals surface area contributed by atoms with Crippen molar-refractivity contribution in [1.82, 2.24) is 24.6 Å². The van der Waals surface area contributed by atoms with E-state index >= 15 is 0 Å². The molecule has 0 saturated heterocycles. The number of benzene rings is 1. The Hall–Kier alpha value is -3.49. The molecule has 4 aromatic rings. The molecule has 0 spiro atoms. The summed E-state index contributed by atoms with van der Waals surface area (Å²) >= 11 is 0. The van der Waals surface area contributed by atoms with Crippen LogP contribution >= 0.6 is 0 Å². The number of hydrogen-bond donors (Lipinski definition) is 2. The van der Waals surface area contributed by atoms with Crippen LogP contribution < -0.4 is 10.5 Å². The van der Waals surface area contributed by atoms with Gasteiger partial charge < -0.3 is 10.5 Å². The largest absolute Gasteiger partial charge is 0.485 e. The Kier molecular flexibility index (Phi) is 3.76. The smallest absolute Gasteiger partial charge is 0.239 e. The van der Waals surface area contributed by atoms with E-state index in [2.05, 4.69) is 20.2 Å². The first-order valence-electron chi connectivity index (χ1n) is 7.76. The molecular formula is C17H14F2N6O. The molecule has 9 heteroatoms. The fourth-order valence-corrected chi connectivity index (χ4v) is 2.75. The number of rotatable bonds is 4. The predicted octanol–water partition coefficient (Wildman–Crippen LogP) is 2.87. The van der Waals surface area contributed by atoms with Crippen molar-refractivity contribution in [3.63, 3.8) is 0 Å². The highest BCUT2D eigenvalue weighted by molar-refractivity contribution is 5.66. The third-order valence-electron chi connectivity index (χ3n) is 3.95. The van der Waals surface area contributed by atoms with Gasteiger partial charge in [0, 0.05) is 6.20 Å². The van der Waals surface area contributed by atoms with Gasteiger partial charge in [-0.1, -0.05) is 6.07 Å². The van der Waals surface area contributed by atoms with Gasteiger partial charge in [0.05, 0.1) is 11.3 Å². The van der Waals surface area contributed by atoms with E-state index in [0.29, 0.717) is 28.6 Å². The van der Waals surface area contributed by atoms with Gasteiger partial charge in [0.1, 0.15) is 23.9 Å². The van der Waals surface area contributed by atoms with E-state index in [9.17, 15) is 8.78 Å². The summed E-state index contributed by atoms with van der Waals surface area (Å²) in [5, 5.41) is 6.57. The number of nitrogen functional groups attached to an aromatic ring is 1. The Morgan fingerprint density at radius 1 is 1.15 bits per heavy atom. The van der Waals surface area contributed by atoms with Crippen molar-refractivity contribution in [1.29, 1.82) is 0 Å². The number of nitrogens with zero attached hydrogens (tertiary/aromatic N) is 4. The second kappa shape index (κ2) is 6.10. The molecule has 1 aromatic carbocycles. The lowest BCUT2D eigenvalue weighted by Crippen LogP contribution is -2.03. The number of imidazole rings is 1. The van der Waals surface area contributed by atoms with Crippen molar-refractivity contribution < 1.29 is 13.5 Å². The summed E-state index contributed by atoms with van der Waals surface area (Å²) in [5.74, 6) is -0.345. The molecule has 26 heavy (non-hydrogen) atoms. The number of nitrogens with one attached hydrogen (secondary N) is 1. The Morgan fingerprint density at radius 2 is 1.92 bits per heavy atom. The van der Waals surface area contributed by atoms with Crippen molar-refractivity contribution in [2.45, 2.75) is 13.5 Å². The number of halogens is 2. The molecule has 0 aliphatic heterocycles. The zero-order valence-corrected chi connectivity index (χ0v) is 13.7. The number of aromatic nitrogens is 5. The quantitative estimate of drug-likeness (QED) is 0.586. The highest BCUT2D eigenvalue weighted by Crippen LogP contribution is 2.28. The Morgan fingerprint density at radius 3 is 2.62 bits per heavy atom. The molecule has 4 rings (SSSR count). The molecule has 0 amide bonds. The fourth-order valence-electron chi connectivity index (χ4n) is 2.75. The predicted molar refractivity (Wildman–Crippen MR) is 90.4 cm³/mol. The topological polar surface area (TPSA) is 94.1 Å². The zero-order valence-electron chi connectivity index (χ0n) is 13.7. The zero-order chi connectivity index (χ0) is 18.3. The van der Waals surface area contributed by atoms with E-state index < -0.39 is 11.6 Å². The first-order chi connectivity index (χ1) is 12.5. The van der Waals surface area contributed by atoms with Crippen LogP contribution in [-0.4, -0.2) is 24.6 Å². The lowest BCUT2D eigenvalue weighted by molar-refractivity contribution is 0.294. The molecular weight excluding hydrogens is 342 g/mol. The SMILES string of the molecule is Cc1nc2c(OCc3c(F)cccc3F)cccn2c1-c1nc(N)n[nH]1. The van der Waals surface area contributed by atoms with E-state index in [-0.39, 0.29) is 18.1 Å². The number of aromatic amines is 1. The number of aryl methyl sites for hydroxylation is 1. The number of ether oxygens (including phenoxy) is 1. The minimum Gasteiger partial charge on any atom is -0.485 e. The summed E-state index contributed by atoms with van der Waals surface area (Å²) in [5.41, 5.74) is 7.27. The Bertz CT molecular complexity index is 1080. The average molecular weight is 356 g/mol. The molecule has 3 heterocycles. The van der Waals surface area contributed by atoms with Crippen LogP contribution in [0.3, 0.4) is 0 Å². The van der Waals surface area contributed by atoms with Crippen molar-refractivity contribution >= 4 is 11.6 Å². The van der Waals surface area contributed by atoms with Gasteiger partial charge >= 0.3 is 0 Å². The number of fused-ring (bicyclic) bond motifs is 1. The molecule has 0 aliphatic rings. The number of anilines is 1. The van der Waals surface area contributed by atoms with Gasteiger partial charge in [0.2, 0.25) is 5.95 Å². The third kappa shape index (κ3) is 2.63. The van der Waals surface area contributed by atoms with E-state index in [4.69, 9.17) is 10.5 Å². The summed E-state index contributed by atoms with van der Waals surface area (Å²) in [6.45, 7) is 1.55. The van der Waals surface area contributed by atoms with Crippen LogP contribution in [0.1, 0.15) is 11.3 Å². The molecule has 0 unspecified atom stereocenters. The van der Waals surface area contributed by atoms with Gasteiger partial charge in [-0.2, -0.15) is 4.98 Å². The van der Waals surface area contributed by atoms with E-state index in [1.807, 2.05) is 0 Å². The molecule has 132 valence electrons. The second-order valence-electron chi connectivity index (χ2n) is 5.64. The van der Waals surface area contributed by atoms with Gasteiger partial charge in [0.15, 0.2) is 17.2 Å². The van der Waals surface area contributed by atoms with E-state index in [1.165, 1.54) is 18.2 Å². The fraction of sp³-hybridized carbons (Fsp3) is 0.118. The van der Waals surface area contributed by atoms with E-state index in [1.54, 1.807) is 29.7 Å². The summed E-state index contributed by atoms with van der Waals surface area (Å²) in [6, 6.07) is 7.11. The van der Waals surface area contributed by atoms with Gasteiger partial charge in [-0.3, -0.25) is 9.50 Å². The molecule has 3 aromatic heterocycles. The van der Waals surface area contributed by atoms with Crippen LogP contribution in [0.15, 0.2) is 36.5 Å². The van der Waals surface area contributed by atoms with Crippen LogP contribution in [-0.2, 0) is 6.61 Å². The maximum atomic E-state index is 13.8. The highest BCUT2D eigenvalue weighted by atomic mass is 19.1. The minimum atomic E-state index is -0.658. The van der Waals surface area contributed by atoms with Gasteiger partial charge in [-0.15, -0.1) is 5.10 Å². The standard InChI is InChI=1S/C17H14F2N6O/c1-9-14(15-22-17(20)24-23-15)25-7-3-6-13(16(25)21-9)26-8-10-11(18)4-2-5-12(10)19/h2-7H,8H2,1H3,(H3,20,22,23,24). The average Bonchev–Trinajstić information content (AvgIpc) is 3.17. The number of H-pyrrole nitrogens is 1. The first-order valence-corrected chi connectivity index (χ1v) is 7.76.